The predicted molar refractivity (Wildman–Crippen MR) is 154 cm³/mol. The number of primary amides is 1. The molecule has 3 aliphatic carbocycles. The van der Waals surface area contributed by atoms with E-state index in [4.69, 9.17) is 15.3 Å². The molecule has 4 N–H and O–H groups in total. The zero-order chi connectivity index (χ0) is 32.5. The molecular formula is C31H34N4O9. The van der Waals surface area contributed by atoms with Crippen LogP contribution in [0.5, 0.6) is 11.5 Å². The molecule has 2 aromatic rings. The van der Waals surface area contributed by atoms with E-state index in [0.717, 1.165) is 0 Å². The van der Waals surface area contributed by atoms with Gasteiger partial charge in [0.15, 0.2) is 34.7 Å². The number of ether oxygens (including phenoxy) is 1. The van der Waals surface area contributed by atoms with Gasteiger partial charge in [-0.05, 0) is 67.2 Å². The minimum atomic E-state index is -2.86. The molecule has 3 aliphatic rings. The Bertz CT molecular complexity index is 1670. The van der Waals surface area contributed by atoms with E-state index in [9.17, 15) is 34.2 Å². The SMILES string of the molecule is CON=Nc1cc(-c2ccc(O)c3c2C[C@@]2(C)C[C@@]4(C)[C@H](N(C)C)C(=O)C(C(N)=O)C(=O)[C@@]4(O)C(=O)C2C3=O)ccc1OC. The lowest BCUT2D eigenvalue weighted by Gasteiger charge is -2.61. The molecule has 13 heteroatoms. The molecule has 5 rings (SSSR count). The van der Waals surface area contributed by atoms with Crippen molar-refractivity contribution < 1.29 is 43.8 Å². The molecule has 2 unspecified atom stereocenters. The topological polar surface area (TPSA) is 198 Å². The molecule has 0 aliphatic heterocycles. The minimum Gasteiger partial charge on any atom is -0.507 e. The summed E-state index contributed by atoms with van der Waals surface area (Å²) in [6, 6.07) is 6.79. The van der Waals surface area contributed by atoms with Crippen LogP contribution in [0, 0.1) is 22.7 Å². The maximum absolute atomic E-state index is 14.4. The second kappa shape index (κ2) is 10.3. The number of hydrogen-bond donors (Lipinski definition) is 3. The Balaban J connectivity index is 1.72. The number of likely N-dealkylation sites (N-methyl/N-ethyl adjacent to an activating group) is 1. The highest BCUT2D eigenvalue weighted by Gasteiger charge is 2.76. The van der Waals surface area contributed by atoms with Crippen LogP contribution < -0.4 is 10.5 Å². The van der Waals surface area contributed by atoms with Gasteiger partial charge in [-0.2, -0.15) is 0 Å². The van der Waals surface area contributed by atoms with Crippen molar-refractivity contribution in [3.05, 3.63) is 41.5 Å². The third kappa shape index (κ3) is 4.02. The molecule has 0 aromatic heterocycles. The number of rotatable bonds is 6. The molecule has 2 saturated carbocycles. The van der Waals surface area contributed by atoms with E-state index in [-0.39, 0.29) is 24.2 Å². The van der Waals surface area contributed by atoms with Gasteiger partial charge in [-0.3, -0.25) is 28.9 Å². The third-order valence-corrected chi connectivity index (χ3v) is 9.59. The Morgan fingerprint density at radius 2 is 1.75 bits per heavy atom. The van der Waals surface area contributed by atoms with Crippen molar-refractivity contribution >= 4 is 34.7 Å². The Morgan fingerprint density at radius 3 is 2.34 bits per heavy atom. The number of benzene rings is 2. The summed E-state index contributed by atoms with van der Waals surface area (Å²) < 4.78 is 5.37. The number of phenols is 1. The van der Waals surface area contributed by atoms with Crippen LogP contribution in [0.3, 0.4) is 0 Å². The first kappa shape index (κ1) is 31.0. The van der Waals surface area contributed by atoms with Crippen LogP contribution in [0.25, 0.3) is 11.1 Å². The second-order valence-corrected chi connectivity index (χ2v) is 12.5. The average Bonchev–Trinajstić information content (AvgIpc) is 2.93. The zero-order valence-corrected chi connectivity index (χ0v) is 25.2. The lowest BCUT2D eigenvalue weighted by molar-refractivity contribution is -0.203. The number of carbonyl (C=O) groups is 5. The van der Waals surface area contributed by atoms with Gasteiger partial charge < -0.3 is 25.5 Å². The van der Waals surface area contributed by atoms with Crippen molar-refractivity contribution in [2.24, 2.45) is 38.8 Å². The van der Waals surface area contributed by atoms with Gasteiger partial charge in [-0.25, -0.2) is 0 Å². The van der Waals surface area contributed by atoms with Crippen LogP contribution >= 0.6 is 0 Å². The van der Waals surface area contributed by atoms with Gasteiger partial charge in [0, 0.05) is 10.7 Å². The van der Waals surface area contributed by atoms with E-state index in [1.54, 1.807) is 45.3 Å². The number of amides is 1. The summed E-state index contributed by atoms with van der Waals surface area (Å²) in [5.41, 5.74) is 1.47. The molecule has 232 valence electrons. The smallest absolute Gasteiger partial charge is 0.235 e. The molecule has 2 fully saturated rings. The number of methoxy groups -OCH3 is 1. The number of hydrogen-bond acceptors (Lipinski definition) is 12. The van der Waals surface area contributed by atoms with Gasteiger partial charge >= 0.3 is 0 Å². The third-order valence-electron chi connectivity index (χ3n) is 9.59. The lowest BCUT2D eigenvalue weighted by Crippen LogP contribution is -2.79. The van der Waals surface area contributed by atoms with Crippen LogP contribution in [0.4, 0.5) is 5.69 Å². The molecule has 0 bridgehead atoms. The first-order valence-electron chi connectivity index (χ1n) is 13.9. The van der Waals surface area contributed by atoms with E-state index < -0.39 is 63.3 Å². The van der Waals surface area contributed by atoms with Crippen LogP contribution in [-0.2, 0) is 30.4 Å². The Morgan fingerprint density at radius 1 is 1.07 bits per heavy atom. The fourth-order valence-electron chi connectivity index (χ4n) is 8.01. The monoisotopic (exact) mass is 606 g/mol. The summed E-state index contributed by atoms with van der Waals surface area (Å²) in [5, 5.41) is 30.6. The molecule has 0 radical (unpaired) electrons. The van der Waals surface area contributed by atoms with Crippen molar-refractivity contribution in [3.63, 3.8) is 0 Å². The van der Waals surface area contributed by atoms with Gasteiger partial charge in [0.25, 0.3) is 0 Å². The molecule has 44 heavy (non-hydrogen) atoms. The highest BCUT2D eigenvalue weighted by atomic mass is 16.6. The summed E-state index contributed by atoms with van der Waals surface area (Å²) in [7, 11) is 5.90. The van der Waals surface area contributed by atoms with E-state index in [0.29, 0.717) is 28.1 Å². The van der Waals surface area contributed by atoms with Gasteiger partial charge in [-0.15, -0.1) is 5.11 Å². The Labute approximate surface area is 253 Å². The van der Waals surface area contributed by atoms with Crippen molar-refractivity contribution in [1.82, 2.24) is 4.90 Å². The maximum atomic E-state index is 14.4. The van der Waals surface area contributed by atoms with Crippen LogP contribution in [0.1, 0.15) is 36.2 Å². The fourth-order valence-corrected chi connectivity index (χ4v) is 8.01. The highest BCUT2D eigenvalue weighted by Crippen LogP contribution is 2.62. The Kier molecular flexibility index (Phi) is 7.25. The predicted octanol–water partition coefficient (Wildman–Crippen LogP) is 1.97. The molecule has 2 aromatic carbocycles. The van der Waals surface area contributed by atoms with E-state index in [1.807, 2.05) is 0 Å². The number of fused-ring (bicyclic) bond motifs is 3. The minimum absolute atomic E-state index is 0.0720. The normalized spacial score (nSPS) is 31.5. The fraction of sp³-hybridized carbons (Fsp3) is 0.452. The largest absolute Gasteiger partial charge is 0.507 e. The molecule has 0 spiro atoms. The zero-order valence-electron chi connectivity index (χ0n) is 25.2. The molecular weight excluding hydrogens is 572 g/mol. The highest BCUT2D eigenvalue weighted by molar-refractivity contribution is 6.33. The first-order valence-corrected chi connectivity index (χ1v) is 13.9. The van der Waals surface area contributed by atoms with Crippen molar-refractivity contribution in [2.75, 3.05) is 28.3 Å². The number of aliphatic hydroxyl groups is 1. The van der Waals surface area contributed by atoms with Crippen LogP contribution in [0.15, 0.2) is 40.7 Å². The number of ketones is 4. The number of Topliss-reactive ketones (excluding diaryl/α,β-unsaturated/α-hetero) is 4. The van der Waals surface area contributed by atoms with Crippen LogP contribution in [0.2, 0.25) is 0 Å². The van der Waals surface area contributed by atoms with Crippen molar-refractivity contribution in [2.45, 2.75) is 38.3 Å². The molecule has 0 heterocycles. The van der Waals surface area contributed by atoms with E-state index >= 15 is 0 Å². The molecule has 0 saturated heterocycles. The second-order valence-electron chi connectivity index (χ2n) is 12.5. The number of nitrogens with two attached hydrogens (primary N) is 1. The van der Waals surface area contributed by atoms with Crippen LogP contribution in [-0.4, -0.2) is 84.1 Å². The maximum Gasteiger partial charge on any atom is 0.235 e. The van der Waals surface area contributed by atoms with E-state index in [1.165, 1.54) is 32.1 Å². The van der Waals surface area contributed by atoms with E-state index in [2.05, 4.69) is 10.4 Å². The van der Waals surface area contributed by atoms with Crippen molar-refractivity contribution in [1.29, 1.82) is 0 Å². The summed E-state index contributed by atoms with van der Waals surface area (Å²) >= 11 is 0. The number of phenolic OH excluding ortho intramolecular Hbond substituents is 1. The molecule has 6 atom stereocenters. The number of aromatic hydroxyl groups is 1. The average molecular weight is 607 g/mol. The standard InChI is InChI=1S/C31H34N4O9/c1-29-12-16-15(14-7-10-19(43-5)17(11-14)33-34-44-6)8-9-18(36)20(16)23(37)22(29)27(40)31(42)26(39)21(28(32)41)24(38)25(35(3)4)30(31,2)13-29/h7-11,21-22,25,36,42H,12-13H2,1-6H3,(H2,32,41)/t21?,22?,25-,29+,30+,31-/m1/s1. The first-order chi connectivity index (χ1) is 20.6. The van der Waals surface area contributed by atoms with Gasteiger partial charge in [0.1, 0.15) is 24.3 Å². The summed E-state index contributed by atoms with van der Waals surface area (Å²) in [5.74, 6) is -8.88. The van der Waals surface area contributed by atoms with Gasteiger partial charge in [0.05, 0.1) is 24.6 Å². The summed E-state index contributed by atoms with van der Waals surface area (Å²) in [6.45, 7) is 3.16. The summed E-state index contributed by atoms with van der Waals surface area (Å²) in [4.78, 5) is 74.4. The molecule has 13 nitrogen and oxygen atoms in total. The number of carbonyl (C=O) groups excluding carboxylic acids is 5. The lowest BCUT2D eigenvalue weighted by atomic mass is 9.42. The van der Waals surface area contributed by atoms with Crippen molar-refractivity contribution in [3.8, 4) is 22.6 Å². The van der Waals surface area contributed by atoms with Gasteiger partial charge in [0.2, 0.25) is 5.91 Å². The number of nitrogens with zero attached hydrogens (tertiary/aromatic N) is 3. The molecule has 1 amide bonds. The van der Waals surface area contributed by atoms with Gasteiger partial charge in [-0.1, -0.05) is 26.0 Å². The Hall–Kier alpha value is -4.49. The summed E-state index contributed by atoms with van der Waals surface area (Å²) in [6.07, 6.45) is -0.0441. The quantitative estimate of drug-likeness (QED) is 0.248.